The Hall–Kier alpha value is -3.38. The maximum Gasteiger partial charge on any atom is -0.00326 e. The zero-order chi connectivity index (χ0) is 17.6. The van der Waals surface area contributed by atoms with Crippen LogP contribution in [0.5, 0.6) is 0 Å². The molecule has 0 aromatic heterocycles. The van der Waals surface area contributed by atoms with Crippen molar-refractivity contribution in [2.75, 3.05) is 0 Å². The molecule has 0 heteroatoms. The molecular weight excluding hydrogens is 312 g/mol. The lowest BCUT2D eigenvalue weighted by Gasteiger charge is -2.17. The predicted molar refractivity (Wildman–Crippen MR) is 112 cm³/mol. The Morgan fingerprint density at radius 1 is 0.500 bits per heavy atom. The van der Waals surface area contributed by atoms with Gasteiger partial charge in [0.25, 0.3) is 0 Å². The van der Waals surface area contributed by atoms with Crippen LogP contribution in [0.4, 0.5) is 0 Å². The maximum atomic E-state index is 2.22. The average molecular weight is 332 g/mol. The highest BCUT2D eigenvalue weighted by molar-refractivity contribution is 5.98. The van der Waals surface area contributed by atoms with E-state index in [9.17, 15) is 0 Å². The van der Waals surface area contributed by atoms with E-state index in [0.717, 1.165) is 0 Å². The van der Waals surface area contributed by atoms with Crippen LogP contribution in [0, 0.1) is 0 Å². The minimum Gasteiger partial charge on any atom is -0.0622 e. The van der Waals surface area contributed by atoms with Gasteiger partial charge in [0.15, 0.2) is 0 Å². The number of hydrogen-bond donors (Lipinski definition) is 0. The summed E-state index contributed by atoms with van der Waals surface area (Å²) in [5.74, 6) is 0. The first kappa shape index (κ1) is 16.1. The molecule has 0 aliphatic heterocycles. The minimum atomic E-state index is 1.22. The fourth-order valence-electron chi connectivity index (χ4n) is 3.32. The van der Waals surface area contributed by atoms with Gasteiger partial charge in [-0.1, -0.05) is 121 Å². The normalized spacial score (nSPS) is 13.2. The van der Waals surface area contributed by atoms with Crippen LogP contribution < -0.4 is 0 Å². The molecule has 3 aromatic carbocycles. The van der Waals surface area contributed by atoms with Crippen LogP contribution in [-0.2, 0) is 0 Å². The molecule has 26 heavy (non-hydrogen) atoms. The van der Waals surface area contributed by atoms with E-state index in [-0.39, 0.29) is 0 Å². The molecular formula is C26H20. The van der Waals surface area contributed by atoms with Gasteiger partial charge in [-0.2, -0.15) is 0 Å². The number of benzene rings is 3. The average Bonchev–Trinajstić information content (AvgIpc) is 2.97. The molecule has 4 rings (SSSR count). The Morgan fingerprint density at radius 2 is 1.04 bits per heavy atom. The fourth-order valence-corrected chi connectivity index (χ4v) is 3.32. The topological polar surface area (TPSA) is 0 Å². The Labute approximate surface area is 155 Å². The van der Waals surface area contributed by atoms with Gasteiger partial charge in [0.1, 0.15) is 0 Å². The number of hydrogen-bond acceptors (Lipinski definition) is 0. The zero-order valence-corrected chi connectivity index (χ0v) is 14.5. The molecule has 0 heterocycles. The molecule has 0 amide bonds. The molecule has 0 atom stereocenters. The molecule has 124 valence electrons. The van der Waals surface area contributed by atoms with Gasteiger partial charge in [0.05, 0.1) is 0 Å². The molecule has 0 bridgehead atoms. The van der Waals surface area contributed by atoms with E-state index in [1.807, 2.05) is 0 Å². The van der Waals surface area contributed by atoms with Gasteiger partial charge in [-0.15, -0.1) is 0 Å². The van der Waals surface area contributed by atoms with Gasteiger partial charge >= 0.3 is 0 Å². The van der Waals surface area contributed by atoms with Crippen molar-refractivity contribution in [2.45, 2.75) is 0 Å². The summed E-state index contributed by atoms with van der Waals surface area (Å²) in [4.78, 5) is 0. The Bertz CT molecular complexity index is 944. The highest BCUT2D eigenvalue weighted by atomic mass is 14.2. The van der Waals surface area contributed by atoms with E-state index in [1.54, 1.807) is 0 Å². The second kappa shape index (κ2) is 7.67. The van der Waals surface area contributed by atoms with Gasteiger partial charge in [-0.05, 0) is 33.4 Å². The molecule has 0 N–H and O–H groups in total. The van der Waals surface area contributed by atoms with Gasteiger partial charge in [-0.25, -0.2) is 0 Å². The van der Waals surface area contributed by atoms with Crippen LogP contribution in [0.2, 0.25) is 0 Å². The summed E-state index contributed by atoms with van der Waals surface area (Å²) >= 11 is 0. The quantitative estimate of drug-likeness (QED) is 0.501. The largest absolute Gasteiger partial charge is 0.0622 e. The summed E-state index contributed by atoms with van der Waals surface area (Å²) < 4.78 is 0. The molecule has 0 radical (unpaired) electrons. The first-order valence-corrected chi connectivity index (χ1v) is 8.89. The second-order valence-electron chi connectivity index (χ2n) is 6.21. The summed E-state index contributed by atoms with van der Waals surface area (Å²) in [5, 5.41) is 0. The van der Waals surface area contributed by atoms with E-state index in [1.165, 1.54) is 33.4 Å². The van der Waals surface area contributed by atoms with Crippen LogP contribution in [0.25, 0.3) is 11.1 Å². The lowest BCUT2D eigenvalue weighted by molar-refractivity contribution is 1.50. The van der Waals surface area contributed by atoms with Crippen molar-refractivity contribution in [1.82, 2.24) is 0 Å². The van der Waals surface area contributed by atoms with E-state index >= 15 is 0 Å². The molecule has 1 aliphatic carbocycles. The lowest BCUT2D eigenvalue weighted by atomic mass is 9.87. The standard InChI is InChI=1S/C26H20/c1-5-13-21(14-6-1)24-19-11-4-12-20-25(24)26(22-15-7-2-8-16-22)23-17-9-3-10-18-23/h1-20H. The van der Waals surface area contributed by atoms with Crippen molar-refractivity contribution < 1.29 is 0 Å². The molecule has 0 unspecified atom stereocenters. The fraction of sp³-hybridized carbons (Fsp3) is 0. The minimum absolute atomic E-state index is 1.22. The monoisotopic (exact) mass is 332 g/mol. The van der Waals surface area contributed by atoms with Gasteiger partial charge in [0.2, 0.25) is 0 Å². The SMILES string of the molecule is C1=CC=C(c2ccccc2)C(=C(c2ccccc2)c2ccccc2)C=C1. The van der Waals surface area contributed by atoms with Crippen LogP contribution in [0.3, 0.4) is 0 Å². The smallest absolute Gasteiger partial charge is 0.00326 e. The second-order valence-corrected chi connectivity index (χ2v) is 6.21. The van der Waals surface area contributed by atoms with Gasteiger partial charge in [-0.3, -0.25) is 0 Å². The van der Waals surface area contributed by atoms with Crippen molar-refractivity contribution in [1.29, 1.82) is 0 Å². The zero-order valence-electron chi connectivity index (χ0n) is 14.5. The molecule has 0 saturated heterocycles. The Balaban J connectivity index is 2.01. The van der Waals surface area contributed by atoms with Crippen molar-refractivity contribution in [3.05, 3.63) is 144 Å². The van der Waals surface area contributed by atoms with E-state index in [4.69, 9.17) is 0 Å². The van der Waals surface area contributed by atoms with Crippen molar-refractivity contribution >= 4 is 11.1 Å². The van der Waals surface area contributed by atoms with Crippen LogP contribution in [0.1, 0.15) is 16.7 Å². The number of rotatable bonds is 3. The molecule has 0 nitrogen and oxygen atoms in total. The van der Waals surface area contributed by atoms with Crippen molar-refractivity contribution in [3.63, 3.8) is 0 Å². The summed E-state index contributed by atoms with van der Waals surface area (Å²) in [6.45, 7) is 0. The van der Waals surface area contributed by atoms with Crippen LogP contribution in [0.15, 0.2) is 127 Å². The first-order valence-electron chi connectivity index (χ1n) is 8.89. The molecule has 0 saturated carbocycles. The van der Waals surface area contributed by atoms with E-state index in [2.05, 4.69) is 121 Å². The summed E-state index contributed by atoms with van der Waals surface area (Å²) in [5.41, 5.74) is 7.39. The Morgan fingerprint density at radius 3 is 1.62 bits per heavy atom. The highest BCUT2D eigenvalue weighted by Crippen LogP contribution is 2.36. The van der Waals surface area contributed by atoms with Gasteiger partial charge in [0, 0.05) is 0 Å². The van der Waals surface area contributed by atoms with Crippen molar-refractivity contribution in [2.24, 2.45) is 0 Å². The highest BCUT2D eigenvalue weighted by Gasteiger charge is 2.15. The van der Waals surface area contributed by atoms with Crippen LogP contribution >= 0.6 is 0 Å². The molecule has 0 fully saturated rings. The third-order valence-electron chi connectivity index (χ3n) is 4.52. The summed E-state index contributed by atoms with van der Waals surface area (Å²) in [7, 11) is 0. The summed E-state index contributed by atoms with van der Waals surface area (Å²) in [6.07, 6.45) is 10.7. The summed E-state index contributed by atoms with van der Waals surface area (Å²) in [6, 6.07) is 31.9. The lowest BCUT2D eigenvalue weighted by Crippen LogP contribution is -1.96. The van der Waals surface area contributed by atoms with Gasteiger partial charge < -0.3 is 0 Å². The molecule has 1 aliphatic rings. The first-order chi connectivity index (χ1) is 12.9. The third kappa shape index (κ3) is 3.36. The number of allylic oxidation sites excluding steroid dienone is 7. The van der Waals surface area contributed by atoms with E-state index in [0.29, 0.717) is 0 Å². The maximum absolute atomic E-state index is 2.22. The van der Waals surface area contributed by atoms with Crippen molar-refractivity contribution in [3.8, 4) is 0 Å². The molecule has 0 spiro atoms. The Kier molecular flexibility index (Phi) is 4.75. The van der Waals surface area contributed by atoms with E-state index < -0.39 is 0 Å². The van der Waals surface area contributed by atoms with Crippen LogP contribution in [-0.4, -0.2) is 0 Å². The molecule has 3 aromatic rings. The predicted octanol–water partition coefficient (Wildman–Crippen LogP) is 6.70. The third-order valence-corrected chi connectivity index (χ3v) is 4.52.